The topological polar surface area (TPSA) is 27.1 Å². The van der Waals surface area contributed by atoms with Crippen molar-refractivity contribution in [2.24, 2.45) is 0 Å². The van der Waals surface area contributed by atoms with Crippen molar-refractivity contribution in [3.63, 3.8) is 0 Å². The van der Waals surface area contributed by atoms with Gasteiger partial charge in [0.15, 0.2) is 0 Å². The molecule has 0 unspecified atom stereocenters. The molecule has 0 aliphatic heterocycles. The molecule has 5 heteroatoms. The van der Waals surface area contributed by atoms with Gasteiger partial charge >= 0.3 is 6.61 Å². The van der Waals surface area contributed by atoms with E-state index >= 15 is 0 Å². The molecular formula is C14H16F2N2O. The number of nitrogens with zero attached hydrogens (tertiary/aromatic N) is 2. The standard InChI is InChI=1S/C14H16F2N2O/c1-14(2,3)18-8-7-12(17-18)10-5-4-6-11(9-10)19-13(15)16/h4-9,13H,1-3H3. The fourth-order valence-electron chi connectivity index (χ4n) is 1.68. The Hall–Kier alpha value is -1.91. The Balaban J connectivity index is 2.29. The molecule has 0 saturated carbocycles. The molecule has 0 aliphatic carbocycles. The third-order valence-electron chi connectivity index (χ3n) is 2.63. The molecule has 0 saturated heterocycles. The Morgan fingerprint density at radius 1 is 1.21 bits per heavy atom. The van der Waals surface area contributed by atoms with Crippen molar-refractivity contribution in [2.75, 3.05) is 0 Å². The smallest absolute Gasteiger partial charge is 0.387 e. The van der Waals surface area contributed by atoms with Crippen LogP contribution >= 0.6 is 0 Å². The van der Waals surface area contributed by atoms with E-state index in [0.717, 1.165) is 11.3 Å². The lowest BCUT2D eigenvalue weighted by Crippen LogP contribution is -2.22. The number of benzene rings is 1. The van der Waals surface area contributed by atoms with Gasteiger partial charge in [0, 0.05) is 11.8 Å². The Labute approximate surface area is 110 Å². The molecule has 1 heterocycles. The van der Waals surface area contributed by atoms with Crippen LogP contribution in [0.3, 0.4) is 0 Å². The number of alkyl halides is 2. The summed E-state index contributed by atoms with van der Waals surface area (Å²) in [5, 5.41) is 4.45. The van der Waals surface area contributed by atoms with Crippen molar-refractivity contribution in [1.29, 1.82) is 0 Å². The van der Waals surface area contributed by atoms with Gasteiger partial charge in [-0.1, -0.05) is 12.1 Å². The number of hydrogen-bond acceptors (Lipinski definition) is 2. The highest BCUT2D eigenvalue weighted by molar-refractivity contribution is 5.60. The average molecular weight is 266 g/mol. The van der Waals surface area contributed by atoms with Gasteiger partial charge in [0.05, 0.1) is 11.2 Å². The Bertz CT molecular complexity index is 559. The van der Waals surface area contributed by atoms with Gasteiger partial charge in [-0.25, -0.2) is 0 Å². The van der Waals surface area contributed by atoms with E-state index in [-0.39, 0.29) is 11.3 Å². The van der Waals surface area contributed by atoms with E-state index in [9.17, 15) is 8.78 Å². The summed E-state index contributed by atoms with van der Waals surface area (Å²) in [4.78, 5) is 0. The molecule has 1 aromatic carbocycles. The first kappa shape index (κ1) is 13.5. The molecule has 0 amide bonds. The maximum atomic E-state index is 12.2. The van der Waals surface area contributed by atoms with Crippen molar-refractivity contribution < 1.29 is 13.5 Å². The molecular weight excluding hydrogens is 250 g/mol. The number of hydrogen-bond donors (Lipinski definition) is 0. The average Bonchev–Trinajstić information content (AvgIpc) is 2.77. The predicted octanol–water partition coefficient (Wildman–Crippen LogP) is 3.91. The molecule has 0 fully saturated rings. The largest absolute Gasteiger partial charge is 0.435 e. The Kier molecular flexibility index (Phi) is 3.55. The number of rotatable bonds is 3. The fraction of sp³-hybridized carbons (Fsp3) is 0.357. The molecule has 2 aromatic rings. The Morgan fingerprint density at radius 3 is 2.53 bits per heavy atom. The second-order valence-electron chi connectivity index (χ2n) is 5.22. The first-order valence-electron chi connectivity index (χ1n) is 5.98. The van der Waals surface area contributed by atoms with Crippen LogP contribution in [0.5, 0.6) is 5.75 Å². The van der Waals surface area contributed by atoms with Gasteiger partial charge in [-0.2, -0.15) is 13.9 Å². The van der Waals surface area contributed by atoms with Crippen LogP contribution in [0.4, 0.5) is 8.78 Å². The number of ether oxygens (including phenoxy) is 1. The zero-order valence-corrected chi connectivity index (χ0v) is 11.1. The first-order valence-corrected chi connectivity index (χ1v) is 5.98. The molecule has 1 aromatic heterocycles. The van der Waals surface area contributed by atoms with Crippen molar-refractivity contribution >= 4 is 0 Å². The van der Waals surface area contributed by atoms with Crippen LogP contribution in [0.15, 0.2) is 36.5 Å². The molecule has 0 aliphatic rings. The number of aromatic nitrogens is 2. The third kappa shape index (κ3) is 3.30. The summed E-state index contributed by atoms with van der Waals surface area (Å²) >= 11 is 0. The van der Waals surface area contributed by atoms with Crippen LogP contribution in [0.25, 0.3) is 11.3 Å². The molecule has 102 valence electrons. The summed E-state index contributed by atoms with van der Waals surface area (Å²) in [6, 6.07) is 8.39. The lowest BCUT2D eigenvalue weighted by atomic mass is 10.1. The van der Waals surface area contributed by atoms with Crippen LogP contribution in [0, 0.1) is 0 Å². The normalized spacial score (nSPS) is 11.9. The summed E-state index contributed by atoms with van der Waals surface area (Å²) in [5.74, 6) is 0.137. The molecule has 3 nitrogen and oxygen atoms in total. The van der Waals surface area contributed by atoms with Gasteiger partial charge in [0.2, 0.25) is 0 Å². The second-order valence-corrected chi connectivity index (χ2v) is 5.22. The van der Waals surface area contributed by atoms with Crippen molar-refractivity contribution in [2.45, 2.75) is 32.9 Å². The van der Waals surface area contributed by atoms with Crippen LogP contribution < -0.4 is 4.74 Å². The van der Waals surface area contributed by atoms with Crippen molar-refractivity contribution in [3.05, 3.63) is 36.5 Å². The summed E-state index contributed by atoms with van der Waals surface area (Å²) in [7, 11) is 0. The van der Waals surface area contributed by atoms with E-state index in [0.29, 0.717) is 0 Å². The van der Waals surface area contributed by atoms with Crippen LogP contribution in [0.1, 0.15) is 20.8 Å². The zero-order chi connectivity index (χ0) is 14.0. The second kappa shape index (κ2) is 4.99. The van der Waals surface area contributed by atoms with Crippen LogP contribution in [0.2, 0.25) is 0 Å². The maximum absolute atomic E-state index is 12.2. The van der Waals surface area contributed by atoms with E-state index in [2.05, 4.69) is 9.84 Å². The highest BCUT2D eigenvalue weighted by Gasteiger charge is 2.15. The lowest BCUT2D eigenvalue weighted by Gasteiger charge is -2.18. The predicted molar refractivity (Wildman–Crippen MR) is 69.3 cm³/mol. The SMILES string of the molecule is CC(C)(C)n1ccc(-c2cccc(OC(F)F)c2)n1. The van der Waals surface area contributed by atoms with Gasteiger partial charge in [-0.15, -0.1) is 0 Å². The first-order chi connectivity index (χ1) is 8.86. The van der Waals surface area contributed by atoms with E-state index in [1.54, 1.807) is 12.1 Å². The molecule has 19 heavy (non-hydrogen) atoms. The summed E-state index contributed by atoms with van der Waals surface area (Å²) < 4.78 is 30.6. The zero-order valence-electron chi connectivity index (χ0n) is 11.1. The minimum atomic E-state index is -2.82. The molecule has 0 bridgehead atoms. The van der Waals surface area contributed by atoms with E-state index in [4.69, 9.17) is 0 Å². The monoisotopic (exact) mass is 266 g/mol. The summed E-state index contributed by atoms with van der Waals surface area (Å²) in [5.41, 5.74) is 1.37. The van der Waals surface area contributed by atoms with Gasteiger partial charge in [-0.05, 0) is 39.0 Å². The van der Waals surface area contributed by atoms with E-state index in [1.165, 1.54) is 6.07 Å². The highest BCUT2D eigenvalue weighted by Crippen LogP contribution is 2.24. The lowest BCUT2D eigenvalue weighted by molar-refractivity contribution is -0.0498. The highest BCUT2D eigenvalue weighted by atomic mass is 19.3. The van der Waals surface area contributed by atoms with Gasteiger partial charge in [-0.3, -0.25) is 4.68 Å². The third-order valence-corrected chi connectivity index (χ3v) is 2.63. The molecule has 0 N–H and O–H groups in total. The maximum Gasteiger partial charge on any atom is 0.387 e. The van der Waals surface area contributed by atoms with Gasteiger partial charge in [0.25, 0.3) is 0 Å². The molecule has 0 atom stereocenters. The molecule has 0 spiro atoms. The van der Waals surface area contributed by atoms with Gasteiger partial charge in [0.1, 0.15) is 5.75 Å². The van der Waals surface area contributed by atoms with Gasteiger partial charge < -0.3 is 4.74 Å². The summed E-state index contributed by atoms with van der Waals surface area (Å²) in [6.07, 6.45) is 1.87. The number of halogens is 2. The van der Waals surface area contributed by atoms with E-state index in [1.807, 2.05) is 43.8 Å². The van der Waals surface area contributed by atoms with Crippen LogP contribution in [-0.4, -0.2) is 16.4 Å². The quantitative estimate of drug-likeness (QED) is 0.842. The van der Waals surface area contributed by atoms with Crippen LogP contribution in [-0.2, 0) is 5.54 Å². The minimum absolute atomic E-state index is 0.116. The van der Waals surface area contributed by atoms with E-state index < -0.39 is 6.61 Å². The Morgan fingerprint density at radius 2 is 1.95 bits per heavy atom. The molecule has 0 radical (unpaired) electrons. The van der Waals surface area contributed by atoms with Crippen molar-refractivity contribution in [1.82, 2.24) is 9.78 Å². The molecule has 2 rings (SSSR count). The summed E-state index contributed by atoms with van der Waals surface area (Å²) in [6.45, 7) is 3.31. The fourth-order valence-corrected chi connectivity index (χ4v) is 1.68. The minimum Gasteiger partial charge on any atom is -0.435 e. The van der Waals surface area contributed by atoms with Crippen molar-refractivity contribution in [3.8, 4) is 17.0 Å².